The first kappa shape index (κ1) is 13.6. The first-order valence-corrected chi connectivity index (χ1v) is 7.15. The number of piperidine rings is 1. The summed E-state index contributed by atoms with van der Waals surface area (Å²) in [5.74, 6) is 0.791. The van der Waals surface area contributed by atoms with Crippen molar-refractivity contribution in [3.8, 4) is 0 Å². The van der Waals surface area contributed by atoms with Gasteiger partial charge in [0.05, 0.1) is 5.69 Å². The molecule has 1 fully saturated rings. The average molecular weight is 250 g/mol. The van der Waals surface area contributed by atoms with Crippen molar-refractivity contribution < 1.29 is 0 Å². The molecule has 1 atom stereocenters. The van der Waals surface area contributed by atoms with E-state index in [4.69, 9.17) is 5.73 Å². The summed E-state index contributed by atoms with van der Waals surface area (Å²) in [6, 6.07) is 2.59. The van der Waals surface area contributed by atoms with Crippen LogP contribution in [-0.2, 0) is 6.54 Å². The summed E-state index contributed by atoms with van der Waals surface area (Å²) < 4.78 is 2.13. The van der Waals surface area contributed by atoms with Gasteiger partial charge in [-0.25, -0.2) is 0 Å². The topological polar surface area (TPSA) is 47.1 Å². The number of hydrogen-bond donors (Lipinski definition) is 1. The summed E-state index contributed by atoms with van der Waals surface area (Å²) in [4.78, 5) is 2.56. The van der Waals surface area contributed by atoms with Gasteiger partial charge in [-0.3, -0.25) is 9.58 Å². The van der Waals surface area contributed by atoms with Crippen molar-refractivity contribution in [2.45, 2.75) is 45.7 Å². The van der Waals surface area contributed by atoms with Gasteiger partial charge < -0.3 is 5.73 Å². The molecule has 1 aliphatic rings. The summed E-state index contributed by atoms with van der Waals surface area (Å²) in [7, 11) is 0. The monoisotopic (exact) mass is 250 g/mol. The highest BCUT2D eigenvalue weighted by Gasteiger charge is 2.20. The van der Waals surface area contributed by atoms with E-state index >= 15 is 0 Å². The predicted molar refractivity (Wildman–Crippen MR) is 74.3 cm³/mol. The zero-order chi connectivity index (χ0) is 13.0. The summed E-state index contributed by atoms with van der Waals surface area (Å²) in [6.45, 7) is 8.63. The molecule has 0 bridgehead atoms. The van der Waals surface area contributed by atoms with Crippen LogP contribution in [0.3, 0.4) is 0 Å². The van der Waals surface area contributed by atoms with Gasteiger partial charge in [-0.1, -0.05) is 0 Å². The molecule has 1 aromatic heterocycles. The average Bonchev–Trinajstić information content (AvgIpc) is 2.78. The molecule has 4 heteroatoms. The van der Waals surface area contributed by atoms with Crippen molar-refractivity contribution in [3.63, 3.8) is 0 Å². The number of nitrogens with zero attached hydrogens (tertiary/aromatic N) is 3. The Labute approximate surface area is 110 Å². The van der Waals surface area contributed by atoms with Crippen LogP contribution in [0.25, 0.3) is 0 Å². The number of likely N-dealkylation sites (tertiary alicyclic amines) is 1. The molecule has 4 nitrogen and oxygen atoms in total. The Hall–Kier alpha value is -0.870. The fourth-order valence-electron chi connectivity index (χ4n) is 2.93. The minimum absolute atomic E-state index is 0.444. The van der Waals surface area contributed by atoms with Crippen molar-refractivity contribution in [3.05, 3.63) is 18.0 Å². The maximum absolute atomic E-state index is 5.67. The molecule has 0 radical (unpaired) electrons. The summed E-state index contributed by atoms with van der Waals surface area (Å²) in [5.41, 5.74) is 7.00. The first-order valence-electron chi connectivity index (χ1n) is 7.15. The Bertz CT molecular complexity index is 356. The molecule has 0 amide bonds. The second kappa shape index (κ2) is 6.34. The second-order valence-electron chi connectivity index (χ2n) is 5.68. The van der Waals surface area contributed by atoms with E-state index in [0.717, 1.165) is 19.0 Å². The molecule has 102 valence electrons. The van der Waals surface area contributed by atoms with Crippen LogP contribution in [-0.4, -0.2) is 34.3 Å². The lowest BCUT2D eigenvalue weighted by molar-refractivity contribution is 0.158. The van der Waals surface area contributed by atoms with Crippen molar-refractivity contribution in [1.29, 1.82) is 0 Å². The predicted octanol–water partition coefficient (Wildman–Crippen LogP) is 2.02. The van der Waals surface area contributed by atoms with Gasteiger partial charge in [-0.05, 0) is 58.2 Å². The van der Waals surface area contributed by atoms with Gasteiger partial charge in [0.25, 0.3) is 0 Å². The maximum atomic E-state index is 5.67. The van der Waals surface area contributed by atoms with Crippen molar-refractivity contribution >= 4 is 0 Å². The Morgan fingerprint density at radius 2 is 2.33 bits per heavy atom. The SMILES string of the molecule is CC(C)n1nccc1CN1CCCC(CCN)C1. The van der Waals surface area contributed by atoms with Gasteiger partial charge >= 0.3 is 0 Å². The summed E-state index contributed by atoms with van der Waals surface area (Å²) in [5, 5.41) is 4.41. The Morgan fingerprint density at radius 1 is 1.50 bits per heavy atom. The van der Waals surface area contributed by atoms with E-state index in [-0.39, 0.29) is 0 Å². The Balaban J connectivity index is 1.94. The van der Waals surface area contributed by atoms with Gasteiger partial charge in [0, 0.05) is 25.3 Å². The maximum Gasteiger partial charge on any atom is 0.0527 e. The van der Waals surface area contributed by atoms with Crippen LogP contribution < -0.4 is 5.73 Å². The number of rotatable bonds is 5. The highest BCUT2D eigenvalue weighted by Crippen LogP contribution is 2.21. The second-order valence-corrected chi connectivity index (χ2v) is 5.68. The smallest absolute Gasteiger partial charge is 0.0527 e. The molecule has 18 heavy (non-hydrogen) atoms. The number of hydrogen-bond acceptors (Lipinski definition) is 3. The lowest BCUT2D eigenvalue weighted by Crippen LogP contribution is -2.36. The molecule has 0 aromatic carbocycles. The molecule has 1 saturated heterocycles. The van der Waals surface area contributed by atoms with Crippen LogP contribution in [0.5, 0.6) is 0 Å². The molecular formula is C14H26N4. The van der Waals surface area contributed by atoms with Crippen LogP contribution in [0, 0.1) is 5.92 Å². The molecule has 0 saturated carbocycles. The van der Waals surface area contributed by atoms with Crippen LogP contribution in [0.15, 0.2) is 12.3 Å². The minimum Gasteiger partial charge on any atom is -0.330 e. The third-order valence-electron chi connectivity index (χ3n) is 3.81. The standard InChI is InChI=1S/C14H26N4/c1-12(2)18-14(6-8-16-18)11-17-9-3-4-13(10-17)5-7-15/h6,8,12-13H,3-5,7,9-11,15H2,1-2H3. The third-order valence-corrected chi connectivity index (χ3v) is 3.81. The molecule has 1 aromatic rings. The van der Waals surface area contributed by atoms with Crippen LogP contribution in [0.4, 0.5) is 0 Å². The first-order chi connectivity index (χ1) is 8.70. The molecule has 2 N–H and O–H groups in total. The highest BCUT2D eigenvalue weighted by atomic mass is 15.3. The zero-order valence-corrected chi connectivity index (χ0v) is 11.7. The van der Waals surface area contributed by atoms with Crippen LogP contribution >= 0.6 is 0 Å². The van der Waals surface area contributed by atoms with E-state index in [0.29, 0.717) is 6.04 Å². The lowest BCUT2D eigenvalue weighted by Gasteiger charge is -2.32. The molecule has 0 aliphatic carbocycles. The molecule has 1 unspecified atom stereocenters. The fourth-order valence-corrected chi connectivity index (χ4v) is 2.93. The highest BCUT2D eigenvalue weighted by molar-refractivity contribution is 5.01. The van der Waals surface area contributed by atoms with Crippen molar-refractivity contribution in [2.75, 3.05) is 19.6 Å². The molecule has 2 rings (SSSR count). The van der Waals surface area contributed by atoms with E-state index in [9.17, 15) is 0 Å². The van der Waals surface area contributed by atoms with Crippen molar-refractivity contribution in [1.82, 2.24) is 14.7 Å². The molecule has 1 aliphatic heterocycles. The molecule has 2 heterocycles. The zero-order valence-electron chi connectivity index (χ0n) is 11.7. The van der Waals surface area contributed by atoms with Gasteiger partial charge in [0.15, 0.2) is 0 Å². The number of aromatic nitrogens is 2. The van der Waals surface area contributed by atoms with Gasteiger partial charge in [-0.2, -0.15) is 5.10 Å². The van der Waals surface area contributed by atoms with Crippen LogP contribution in [0.1, 0.15) is 44.8 Å². The van der Waals surface area contributed by atoms with Gasteiger partial charge in [0.2, 0.25) is 0 Å². The van der Waals surface area contributed by atoms with E-state index in [1.807, 2.05) is 6.20 Å². The Morgan fingerprint density at radius 3 is 3.06 bits per heavy atom. The van der Waals surface area contributed by atoms with E-state index in [1.165, 1.54) is 38.0 Å². The Kier molecular flexibility index (Phi) is 4.78. The fraction of sp³-hybridized carbons (Fsp3) is 0.786. The number of nitrogens with two attached hydrogens (primary N) is 1. The van der Waals surface area contributed by atoms with E-state index < -0.39 is 0 Å². The lowest BCUT2D eigenvalue weighted by atomic mass is 9.95. The van der Waals surface area contributed by atoms with Gasteiger partial charge in [-0.15, -0.1) is 0 Å². The normalized spacial score (nSPS) is 21.7. The largest absolute Gasteiger partial charge is 0.330 e. The third kappa shape index (κ3) is 3.33. The summed E-state index contributed by atoms with van der Waals surface area (Å²) in [6.07, 6.45) is 5.73. The van der Waals surface area contributed by atoms with Crippen molar-refractivity contribution in [2.24, 2.45) is 11.7 Å². The quantitative estimate of drug-likeness (QED) is 0.869. The van der Waals surface area contributed by atoms with E-state index in [1.54, 1.807) is 0 Å². The van der Waals surface area contributed by atoms with Gasteiger partial charge in [0.1, 0.15) is 0 Å². The van der Waals surface area contributed by atoms with Crippen LogP contribution in [0.2, 0.25) is 0 Å². The minimum atomic E-state index is 0.444. The molecule has 0 spiro atoms. The van der Waals surface area contributed by atoms with E-state index in [2.05, 4.69) is 34.6 Å². The molecular weight excluding hydrogens is 224 g/mol. The summed E-state index contributed by atoms with van der Waals surface area (Å²) >= 11 is 0.